The lowest BCUT2D eigenvalue weighted by Gasteiger charge is -2.33. The van der Waals surface area contributed by atoms with Crippen LogP contribution in [0.25, 0.3) is 11.0 Å². The minimum absolute atomic E-state index is 0.0467. The monoisotopic (exact) mass is 491 g/mol. The maximum atomic E-state index is 13.3. The molecule has 0 aliphatic carbocycles. The van der Waals surface area contributed by atoms with Crippen LogP contribution in [0.3, 0.4) is 0 Å². The summed E-state index contributed by atoms with van der Waals surface area (Å²) in [6.45, 7) is 1.28. The Morgan fingerprint density at radius 3 is 2.79 bits per heavy atom. The Morgan fingerprint density at radius 2 is 2.00 bits per heavy atom. The lowest BCUT2D eigenvalue weighted by Crippen LogP contribution is -2.45. The second-order valence-corrected chi connectivity index (χ2v) is 9.00. The molecule has 0 bridgehead atoms. The number of rotatable bonds is 7. The van der Waals surface area contributed by atoms with Crippen LogP contribution >= 0.6 is 11.8 Å². The van der Waals surface area contributed by atoms with E-state index in [2.05, 4.69) is 15.6 Å². The molecule has 1 unspecified atom stereocenters. The zero-order chi connectivity index (χ0) is 24.1. The second-order valence-electron chi connectivity index (χ2n) is 8.04. The molecular formula is C23H24F3N5O2S. The highest BCUT2D eigenvalue weighted by molar-refractivity contribution is 7.99. The normalized spacial score (nSPS) is 16.1. The Kier molecular flexibility index (Phi) is 7.61. The number of halogens is 3. The highest BCUT2D eigenvalue weighted by atomic mass is 32.2. The first-order chi connectivity index (χ1) is 16.4. The van der Waals surface area contributed by atoms with E-state index >= 15 is 0 Å². The Balaban J connectivity index is 1.35. The summed E-state index contributed by atoms with van der Waals surface area (Å²) < 4.78 is 40.9. The highest BCUT2D eigenvalue weighted by Crippen LogP contribution is 2.29. The van der Waals surface area contributed by atoms with Crippen LogP contribution in [0.2, 0.25) is 0 Å². The van der Waals surface area contributed by atoms with E-state index in [1.807, 2.05) is 0 Å². The second kappa shape index (κ2) is 10.8. The van der Waals surface area contributed by atoms with Crippen LogP contribution in [0.5, 0.6) is 0 Å². The van der Waals surface area contributed by atoms with Crippen LogP contribution in [0.1, 0.15) is 12.8 Å². The SMILES string of the molecule is O=C(NCC1CCCN(C(=O)Cn2c(SC(F)F)nc3ccccc32)C1)Nc1cccc(F)c1. The van der Waals surface area contributed by atoms with Crippen molar-refractivity contribution < 1.29 is 22.8 Å². The number of imidazole rings is 1. The Morgan fingerprint density at radius 1 is 1.18 bits per heavy atom. The number of nitrogens with one attached hydrogen (secondary N) is 2. The molecule has 34 heavy (non-hydrogen) atoms. The number of aromatic nitrogens is 2. The van der Waals surface area contributed by atoms with E-state index in [1.54, 1.807) is 35.2 Å². The topological polar surface area (TPSA) is 79.3 Å². The zero-order valence-electron chi connectivity index (χ0n) is 18.2. The molecule has 2 aromatic carbocycles. The number of benzene rings is 2. The Hall–Kier alpha value is -3.21. The van der Waals surface area contributed by atoms with E-state index in [1.165, 1.54) is 22.8 Å². The maximum Gasteiger partial charge on any atom is 0.319 e. The summed E-state index contributed by atoms with van der Waals surface area (Å²) in [6, 6.07) is 12.2. The van der Waals surface area contributed by atoms with Gasteiger partial charge < -0.3 is 20.1 Å². The van der Waals surface area contributed by atoms with Gasteiger partial charge in [0.2, 0.25) is 5.91 Å². The van der Waals surface area contributed by atoms with Gasteiger partial charge in [-0.1, -0.05) is 18.2 Å². The number of carbonyl (C=O) groups excluding carboxylic acids is 2. The van der Waals surface area contributed by atoms with Crippen LogP contribution in [0.15, 0.2) is 53.7 Å². The molecule has 11 heteroatoms. The van der Waals surface area contributed by atoms with Crippen molar-refractivity contribution in [3.63, 3.8) is 0 Å². The molecule has 7 nitrogen and oxygen atoms in total. The van der Waals surface area contributed by atoms with Gasteiger partial charge in [-0.05, 0) is 60.9 Å². The van der Waals surface area contributed by atoms with E-state index in [0.717, 1.165) is 12.8 Å². The van der Waals surface area contributed by atoms with Gasteiger partial charge in [0, 0.05) is 25.3 Å². The van der Waals surface area contributed by atoms with Crippen LogP contribution in [-0.4, -0.2) is 51.8 Å². The molecule has 0 saturated carbocycles. The molecule has 1 aliphatic heterocycles. The van der Waals surface area contributed by atoms with Gasteiger partial charge in [0.1, 0.15) is 12.4 Å². The molecule has 1 aliphatic rings. The van der Waals surface area contributed by atoms with Crippen molar-refractivity contribution in [1.82, 2.24) is 19.8 Å². The van der Waals surface area contributed by atoms with E-state index in [9.17, 15) is 22.8 Å². The van der Waals surface area contributed by atoms with Crippen molar-refractivity contribution >= 4 is 40.4 Å². The van der Waals surface area contributed by atoms with Gasteiger partial charge in [0.05, 0.1) is 11.0 Å². The number of carbonyl (C=O) groups is 2. The molecule has 3 aromatic rings. The number of para-hydroxylation sites is 2. The van der Waals surface area contributed by atoms with Crippen LogP contribution in [0, 0.1) is 11.7 Å². The first kappa shape index (κ1) is 23.9. The number of likely N-dealkylation sites (tertiary alicyclic amines) is 1. The first-order valence-corrected chi connectivity index (χ1v) is 11.8. The van der Waals surface area contributed by atoms with Gasteiger partial charge in [-0.2, -0.15) is 8.78 Å². The van der Waals surface area contributed by atoms with E-state index < -0.39 is 17.6 Å². The van der Waals surface area contributed by atoms with Gasteiger partial charge in [-0.25, -0.2) is 14.2 Å². The molecule has 1 aromatic heterocycles. The molecule has 1 saturated heterocycles. The lowest BCUT2D eigenvalue weighted by molar-refractivity contribution is -0.133. The van der Waals surface area contributed by atoms with E-state index in [0.29, 0.717) is 48.1 Å². The predicted octanol–water partition coefficient (Wildman–Crippen LogP) is 4.55. The van der Waals surface area contributed by atoms with Crippen molar-refractivity contribution in [1.29, 1.82) is 0 Å². The fraction of sp³-hybridized carbons (Fsp3) is 0.348. The summed E-state index contributed by atoms with van der Waals surface area (Å²) in [5.41, 5.74) is 1.54. The van der Waals surface area contributed by atoms with Gasteiger partial charge in [0.15, 0.2) is 5.16 Å². The average molecular weight is 492 g/mol. The summed E-state index contributed by atoms with van der Waals surface area (Å²) in [6.07, 6.45) is 1.61. The quantitative estimate of drug-likeness (QED) is 0.476. The summed E-state index contributed by atoms with van der Waals surface area (Å²) in [5.74, 6) is -3.23. The van der Waals surface area contributed by atoms with Crippen LogP contribution in [-0.2, 0) is 11.3 Å². The Labute approximate surface area is 198 Å². The van der Waals surface area contributed by atoms with Gasteiger partial charge in [-0.3, -0.25) is 4.79 Å². The van der Waals surface area contributed by atoms with E-state index in [4.69, 9.17) is 0 Å². The minimum atomic E-state index is -2.64. The van der Waals surface area contributed by atoms with Crippen LogP contribution in [0.4, 0.5) is 23.7 Å². The summed E-state index contributed by atoms with van der Waals surface area (Å²) in [5, 5.41) is 5.45. The first-order valence-electron chi connectivity index (χ1n) is 10.9. The third-order valence-electron chi connectivity index (χ3n) is 5.61. The molecule has 180 valence electrons. The minimum Gasteiger partial charge on any atom is -0.341 e. The third-order valence-corrected chi connectivity index (χ3v) is 6.31. The standard InChI is InChI=1S/C23H24F3N5O2S/c24-16-6-3-7-17(11-16)28-22(33)27-12-15-5-4-10-30(13-15)20(32)14-31-19-9-2-1-8-18(19)29-23(31)34-21(25)26/h1-3,6-9,11,15,21H,4-5,10,12-14H2,(H2,27,28,33). The smallest absolute Gasteiger partial charge is 0.319 e. The maximum absolute atomic E-state index is 13.3. The molecule has 2 N–H and O–H groups in total. The number of fused-ring (bicyclic) bond motifs is 1. The molecule has 3 amide bonds. The fourth-order valence-electron chi connectivity index (χ4n) is 4.05. The van der Waals surface area contributed by atoms with Crippen molar-refractivity contribution in [3.8, 4) is 0 Å². The number of hydrogen-bond donors (Lipinski definition) is 2. The number of anilines is 1. The number of alkyl halides is 2. The van der Waals surface area contributed by atoms with Crippen molar-refractivity contribution in [2.24, 2.45) is 5.92 Å². The molecule has 0 spiro atoms. The number of amides is 3. The molecule has 4 rings (SSSR count). The Bertz CT molecular complexity index is 1170. The number of nitrogens with zero attached hydrogens (tertiary/aromatic N) is 3. The number of thioether (sulfide) groups is 1. The summed E-state index contributed by atoms with van der Waals surface area (Å²) in [7, 11) is 0. The molecule has 1 fully saturated rings. The van der Waals surface area contributed by atoms with Crippen molar-refractivity contribution in [2.45, 2.75) is 30.3 Å². The summed E-state index contributed by atoms with van der Waals surface area (Å²) in [4.78, 5) is 31.1. The van der Waals surface area contributed by atoms with E-state index in [-0.39, 0.29) is 23.5 Å². The molecule has 0 radical (unpaired) electrons. The van der Waals surface area contributed by atoms with Crippen LogP contribution < -0.4 is 10.6 Å². The summed E-state index contributed by atoms with van der Waals surface area (Å²) >= 11 is 0.323. The number of hydrogen-bond acceptors (Lipinski definition) is 4. The highest BCUT2D eigenvalue weighted by Gasteiger charge is 2.26. The molecular weight excluding hydrogens is 467 g/mol. The number of piperidine rings is 1. The number of urea groups is 1. The van der Waals surface area contributed by atoms with Gasteiger partial charge in [-0.15, -0.1) is 0 Å². The zero-order valence-corrected chi connectivity index (χ0v) is 19.0. The van der Waals surface area contributed by atoms with Crippen molar-refractivity contribution in [3.05, 3.63) is 54.3 Å². The van der Waals surface area contributed by atoms with Crippen molar-refractivity contribution in [2.75, 3.05) is 25.0 Å². The lowest BCUT2D eigenvalue weighted by atomic mass is 9.98. The van der Waals surface area contributed by atoms with Gasteiger partial charge >= 0.3 is 6.03 Å². The fourth-order valence-corrected chi connectivity index (χ4v) is 4.65. The largest absolute Gasteiger partial charge is 0.341 e. The predicted molar refractivity (Wildman–Crippen MR) is 124 cm³/mol. The third kappa shape index (κ3) is 6.02. The molecule has 1 atom stereocenters. The molecule has 2 heterocycles. The average Bonchev–Trinajstić information content (AvgIpc) is 3.14. The van der Waals surface area contributed by atoms with Gasteiger partial charge in [0.25, 0.3) is 5.76 Å².